The minimum Gasteiger partial charge on any atom is -0.507 e. The predicted octanol–water partition coefficient (Wildman–Crippen LogP) is 5.50. The molecule has 0 saturated carbocycles. The van der Waals surface area contributed by atoms with Gasteiger partial charge < -0.3 is 10.4 Å². The van der Waals surface area contributed by atoms with Gasteiger partial charge in [-0.3, -0.25) is 9.78 Å². The van der Waals surface area contributed by atoms with Crippen molar-refractivity contribution in [1.29, 1.82) is 0 Å². The van der Waals surface area contributed by atoms with E-state index in [2.05, 4.69) is 70.9 Å². The van der Waals surface area contributed by atoms with Crippen LogP contribution in [-0.2, 0) is 10.8 Å². The van der Waals surface area contributed by atoms with Crippen molar-refractivity contribution >= 4 is 17.4 Å². The van der Waals surface area contributed by atoms with Crippen molar-refractivity contribution in [3.8, 4) is 17.0 Å². The quantitative estimate of drug-likeness (QED) is 0.340. The molecule has 1 atom stereocenters. The van der Waals surface area contributed by atoms with Crippen LogP contribution in [0, 0.1) is 0 Å². The van der Waals surface area contributed by atoms with Crippen LogP contribution >= 0.6 is 11.8 Å². The maximum Gasteiger partial charge on any atom is 0.325 e. The maximum absolute atomic E-state index is 13.3. The van der Waals surface area contributed by atoms with Crippen molar-refractivity contribution in [2.75, 3.05) is 11.1 Å². The number of rotatable bonds is 4. The number of H-pyrrole nitrogens is 1. The van der Waals surface area contributed by atoms with Crippen LogP contribution in [0.15, 0.2) is 46.3 Å². The van der Waals surface area contributed by atoms with Crippen molar-refractivity contribution < 1.29 is 9.79 Å². The molecule has 0 spiro atoms. The number of hydrogen-bond donors (Lipinski definition) is 3. The summed E-state index contributed by atoms with van der Waals surface area (Å²) < 4.78 is 1.81. The number of aromatic amines is 1. The molecule has 0 radical (unpaired) electrons. The minimum atomic E-state index is -0.393. The Labute approximate surface area is 205 Å². The zero-order valence-electron chi connectivity index (χ0n) is 21.1. The van der Waals surface area contributed by atoms with Gasteiger partial charge in [0.15, 0.2) is 0 Å². The lowest BCUT2D eigenvalue weighted by atomic mass is 9.78. The zero-order chi connectivity index (χ0) is 24.8. The number of anilines is 1. The average molecular weight is 480 g/mol. The number of aromatic nitrogens is 3. The molecule has 7 heteroatoms. The molecule has 2 heterocycles. The number of para-hydroxylation sites is 1. The van der Waals surface area contributed by atoms with Gasteiger partial charge in [-0.1, -0.05) is 72.4 Å². The average Bonchev–Trinajstić information content (AvgIpc) is 2.75. The normalized spacial score (nSPS) is 15.4. The second kappa shape index (κ2) is 8.77. The van der Waals surface area contributed by atoms with Gasteiger partial charge in [-0.05, 0) is 46.2 Å². The summed E-state index contributed by atoms with van der Waals surface area (Å²) in [5, 5.41) is 20.3. The molecule has 0 saturated heterocycles. The Hall–Kier alpha value is -2.80. The molecule has 0 unspecified atom stereocenters. The zero-order valence-corrected chi connectivity index (χ0v) is 21.9. The molecule has 0 aliphatic carbocycles. The summed E-state index contributed by atoms with van der Waals surface area (Å²) >= 11 is 1.55. The third-order valence-electron chi connectivity index (χ3n) is 6.09. The van der Waals surface area contributed by atoms with E-state index in [0.717, 1.165) is 40.1 Å². The van der Waals surface area contributed by atoms with Crippen LogP contribution in [0.1, 0.15) is 77.7 Å². The topological polar surface area (TPSA) is 81.9 Å². The molecule has 2 aromatic carbocycles. The second-order valence-corrected chi connectivity index (χ2v) is 12.0. The molecule has 0 bridgehead atoms. The molecule has 1 aromatic heterocycles. The van der Waals surface area contributed by atoms with Gasteiger partial charge in [0.1, 0.15) is 5.75 Å². The summed E-state index contributed by atoms with van der Waals surface area (Å²) in [5.41, 5.74) is 4.28. The van der Waals surface area contributed by atoms with Crippen LogP contribution in [0.5, 0.6) is 5.75 Å². The van der Waals surface area contributed by atoms with Gasteiger partial charge in [0, 0.05) is 27.5 Å². The molecule has 180 valence electrons. The second-order valence-electron chi connectivity index (χ2n) is 11.0. The van der Waals surface area contributed by atoms with Gasteiger partial charge in [0.2, 0.25) is 5.16 Å². The molecule has 4 rings (SSSR count). The van der Waals surface area contributed by atoms with Crippen LogP contribution in [0.2, 0.25) is 0 Å². The van der Waals surface area contributed by atoms with E-state index < -0.39 is 6.17 Å². The van der Waals surface area contributed by atoms with E-state index in [9.17, 15) is 9.90 Å². The van der Waals surface area contributed by atoms with E-state index in [4.69, 9.17) is 5.10 Å². The van der Waals surface area contributed by atoms with Crippen molar-refractivity contribution in [3.63, 3.8) is 0 Å². The monoisotopic (exact) mass is 479 g/mol. The highest BCUT2D eigenvalue weighted by Gasteiger charge is 2.39. The van der Waals surface area contributed by atoms with E-state index in [-0.39, 0.29) is 16.4 Å². The lowest BCUT2D eigenvalue weighted by Gasteiger charge is -2.30. The molecule has 0 amide bonds. The first-order valence-corrected chi connectivity index (χ1v) is 12.8. The Morgan fingerprint density at radius 1 is 1.06 bits per heavy atom. The first-order valence-electron chi connectivity index (χ1n) is 11.8. The summed E-state index contributed by atoms with van der Waals surface area (Å²) in [4.78, 5) is 16.3. The van der Waals surface area contributed by atoms with Crippen molar-refractivity contribution in [3.05, 3.63) is 63.4 Å². The van der Waals surface area contributed by atoms with Gasteiger partial charge in [-0.25, -0.2) is 0 Å². The first kappa shape index (κ1) is 24.3. The fraction of sp³-hybridized carbons (Fsp3) is 0.444. The van der Waals surface area contributed by atoms with Gasteiger partial charge in [0.25, 0.3) is 6.17 Å². The van der Waals surface area contributed by atoms with Crippen LogP contribution in [-0.4, -0.2) is 20.9 Å². The van der Waals surface area contributed by atoms with Crippen LogP contribution in [0.4, 0.5) is 5.69 Å². The van der Waals surface area contributed by atoms with E-state index in [1.165, 1.54) is 0 Å². The highest BCUT2D eigenvalue weighted by atomic mass is 32.2. The maximum atomic E-state index is 13.3. The summed E-state index contributed by atoms with van der Waals surface area (Å²) in [5.74, 6) is 1.21. The molecule has 3 N–H and O–H groups in total. The number of nitrogens with zero attached hydrogens (tertiary/aromatic N) is 2. The van der Waals surface area contributed by atoms with Gasteiger partial charge in [-0.15, -0.1) is 0 Å². The number of aromatic hydroxyl groups is 1. The Bertz CT molecular complexity index is 1250. The van der Waals surface area contributed by atoms with Crippen molar-refractivity contribution in [2.24, 2.45) is 0 Å². The smallest absolute Gasteiger partial charge is 0.325 e. The number of phenols is 1. The van der Waals surface area contributed by atoms with Crippen LogP contribution in [0.25, 0.3) is 11.3 Å². The lowest BCUT2D eigenvalue weighted by molar-refractivity contribution is -0.759. The number of thioether (sulfide) groups is 1. The largest absolute Gasteiger partial charge is 0.507 e. The molecule has 1 aliphatic heterocycles. The van der Waals surface area contributed by atoms with E-state index in [1.54, 1.807) is 11.8 Å². The fourth-order valence-electron chi connectivity index (χ4n) is 4.34. The molecular formula is C27H35N4O2S+. The van der Waals surface area contributed by atoms with Gasteiger partial charge >= 0.3 is 11.3 Å². The van der Waals surface area contributed by atoms with E-state index >= 15 is 0 Å². The Morgan fingerprint density at radius 2 is 1.68 bits per heavy atom. The highest BCUT2D eigenvalue weighted by Crippen LogP contribution is 2.42. The fourth-order valence-corrected chi connectivity index (χ4v) is 5.04. The molecular weight excluding hydrogens is 444 g/mol. The molecule has 6 nitrogen and oxygen atoms in total. The van der Waals surface area contributed by atoms with E-state index in [0.29, 0.717) is 16.6 Å². The Balaban J connectivity index is 2.00. The van der Waals surface area contributed by atoms with Gasteiger partial charge in [-0.2, -0.15) is 0 Å². The Kier molecular flexibility index (Phi) is 6.27. The summed E-state index contributed by atoms with van der Waals surface area (Å²) in [7, 11) is 0. The number of fused-ring (bicyclic) bond motifs is 3. The minimum absolute atomic E-state index is 0.154. The standard InChI is InChI=1S/C27H34N4O2S/c1-8-13-34-25-29-24(33)21-17-11-9-10-12-20(17)28-23(31(21)30-25)16-14-18(26(2,3)4)22(32)19(15-16)27(5,6)7/h9-12,14-15,23H,8,13H2,1-7H3,(H2,29,30,32,33)/p+1/t23-/m0/s1. The lowest BCUT2D eigenvalue weighted by Crippen LogP contribution is -2.55. The molecule has 34 heavy (non-hydrogen) atoms. The van der Waals surface area contributed by atoms with Crippen molar-refractivity contribution in [2.45, 2.75) is 77.0 Å². The number of benzene rings is 2. The van der Waals surface area contributed by atoms with Crippen LogP contribution < -0.4 is 15.6 Å². The molecule has 3 aromatic rings. The highest BCUT2D eigenvalue weighted by molar-refractivity contribution is 7.99. The summed E-state index contributed by atoms with van der Waals surface area (Å²) in [6.07, 6.45) is 0.596. The Morgan fingerprint density at radius 3 is 2.26 bits per heavy atom. The van der Waals surface area contributed by atoms with E-state index in [1.807, 2.05) is 28.9 Å². The number of hydrogen-bond acceptors (Lipinski definition) is 5. The van der Waals surface area contributed by atoms with Crippen LogP contribution in [0.3, 0.4) is 0 Å². The predicted molar refractivity (Wildman–Crippen MR) is 139 cm³/mol. The first-order chi connectivity index (χ1) is 15.9. The third kappa shape index (κ3) is 4.45. The summed E-state index contributed by atoms with van der Waals surface area (Å²) in [6, 6.07) is 11.9. The SMILES string of the molecule is CCCSc1n[n+]2c(c(=O)[nH]1)-c1ccccc1N[C@@H]2c1cc(C(C)(C)C)c(O)c(C(C)(C)C)c1. The number of nitrogens with one attached hydrogen (secondary N) is 2. The number of phenolic OH excluding ortho intramolecular Hbond substituents is 1. The third-order valence-corrected chi connectivity index (χ3v) is 7.16. The van der Waals surface area contributed by atoms with Gasteiger partial charge in [0.05, 0.1) is 11.3 Å². The molecule has 1 aliphatic rings. The summed E-state index contributed by atoms with van der Waals surface area (Å²) in [6.45, 7) is 14.7. The molecule has 0 fully saturated rings. The van der Waals surface area contributed by atoms with Crippen molar-refractivity contribution in [1.82, 2.24) is 10.1 Å².